The molecule has 0 bridgehead atoms. The topological polar surface area (TPSA) is 0 Å². The number of hydrogen-bond acceptors (Lipinski definition) is 3. The number of rotatable bonds is 2. The van der Waals surface area contributed by atoms with Gasteiger partial charge >= 0.3 is 0 Å². The molecule has 8 aromatic rings. The van der Waals surface area contributed by atoms with E-state index in [2.05, 4.69) is 129 Å². The van der Waals surface area contributed by atoms with Crippen LogP contribution in [0.15, 0.2) is 118 Å². The molecule has 0 N–H and O–H groups in total. The normalized spacial score (nSPS) is 11.5. The zero-order chi connectivity index (χ0) is 24.1. The van der Waals surface area contributed by atoms with Gasteiger partial charge in [0.05, 0.1) is 9.75 Å². The van der Waals surface area contributed by atoms with Crippen LogP contribution in [-0.2, 0) is 0 Å². The standard InChI is InChI=1S/C20H12.C12H7BrS3/c1-5-13-6-2-11-17-18-12-4-8-14-7-3-10-16(20(14)18)15(9-1)19(13)17;13-9-4-7-16-12(9)11-8(3-6-15-11)10-2-1-5-14-10/h1-12H;1-7H. The second kappa shape index (κ2) is 9.13. The molecule has 0 saturated carbocycles. The minimum absolute atomic E-state index is 1.19. The van der Waals surface area contributed by atoms with Crippen molar-refractivity contribution in [3.05, 3.63) is 118 Å². The van der Waals surface area contributed by atoms with Crippen molar-refractivity contribution in [1.82, 2.24) is 0 Å². The van der Waals surface area contributed by atoms with E-state index >= 15 is 0 Å². The summed E-state index contributed by atoms with van der Waals surface area (Å²) in [4.78, 5) is 4.04. The van der Waals surface area contributed by atoms with Gasteiger partial charge in [0.25, 0.3) is 0 Å². The highest BCUT2D eigenvalue weighted by molar-refractivity contribution is 9.10. The van der Waals surface area contributed by atoms with E-state index in [9.17, 15) is 0 Å². The molecule has 0 saturated heterocycles. The third kappa shape index (κ3) is 3.60. The highest BCUT2D eigenvalue weighted by Gasteiger charge is 2.13. The first-order valence-electron chi connectivity index (χ1n) is 11.7. The molecule has 0 aliphatic heterocycles. The Balaban J connectivity index is 0.000000126. The Labute approximate surface area is 229 Å². The number of hydrogen-bond donors (Lipinski definition) is 0. The molecule has 3 aromatic heterocycles. The molecular weight excluding hydrogens is 560 g/mol. The van der Waals surface area contributed by atoms with E-state index in [4.69, 9.17) is 0 Å². The molecule has 0 amide bonds. The summed E-state index contributed by atoms with van der Waals surface area (Å²) in [6.45, 7) is 0. The number of halogens is 1. The van der Waals surface area contributed by atoms with E-state index in [0.717, 1.165) is 0 Å². The molecule has 0 aliphatic carbocycles. The maximum atomic E-state index is 3.61. The minimum atomic E-state index is 1.19. The summed E-state index contributed by atoms with van der Waals surface area (Å²) >= 11 is 8.99. The lowest BCUT2D eigenvalue weighted by atomic mass is 9.90. The molecule has 0 nitrogen and oxygen atoms in total. The second-order valence-electron chi connectivity index (χ2n) is 8.66. The zero-order valence-corrected chi connectivity index (χ0v) is 23.1. The van der Waals surface area contributed by atoms with Crippen molar-refractivity contribution in [3.8, 4) is 20.2 Å². The van der Waals surface area contributed by atoms with Crippen LogP contribution in [0.4, 0.5) is 0 Å². The molecule has 8 rings (SSSR count). The van der Waals surface area contributed by atoms with Gasteiger partial charge < -0.3 is 0 Å². The summed E-state index contributed by atoms with van der Waals surface area (Å²) in [6, 6.07) is 35.0. The molecule has 0 fully saturated rings. The van der Waals surface area contributed by atoms with Crippen molar-refractivity contribution in [2.45, 2.75) is 0 Å². The molecule has 172 valence electrons. The van der Waals surface area contributed by atoms with Crippen LogP contribution in [0.1, 0.15) is 0 Å². The third-order valence-corrected chi connectivity index (χ3v) is 10.5. The van der Waals surface area contributed by atoms with E-state index < -0.39 is 0 Å². The van der Waals surface area contributed by atoms with Gasteiger partial charge in [-0.25, -0.2) is 0 Å². The van der Waals surface area contributed by atoms with Crippen molar-refractivity contribution in [1.29, 1.82) is 0 Å². The van der Waals surface area contributed by atoms with Crippen LogP contribution in [0.5, 0.6) is 0 Å². The first kappa shape index (κ1) is 22.2. The van der Waals surface area contributed by atoms with Crippen LogP contribution in [0.25, 0.3) is 63.3 Å². The van der Waals surface area contributed by atoms with Crippen LogP contribution in [0, 0.1) is 0 Å². The van der Waals surface area contributed by atoms with Gasteiger partial charge in [0, 0.05) is 14.9 Å². The zero-order valence-electron chi connectivity index (χ0n) is 19.1. The predicted molar refractivity (Wildman–Crippen MR) is 166 cm³/mol. The van der Waals surface area contributed by atoms with Crippen molar-refractivity contribution in [2.24, 2.45) is 0 Å². The lowest BCUT2D eigenvalue weighted by molar-refractivity contribution is 1.78. The fourth-order valence-corrected chi connectivity index (χ4v) is 8.77. The largest absolute Gasteiger partial charge is 0.144 e. The highest BCUT2D eigenvalue weighted by atomic mass is 79.9. The molecule has 0 radical (unpaired) electrons. The molecular formula is C32H19BrS3. The predicted octanol–water partition coefficient (Wildman–Crippen LogP) is 11.7. The smallest absolute Gasteiger partial charge is 0.0591 e. The third-order valence-electron chi connectivity index (χ3n) is 6.67. The fourth-order valence-electron chi connectivity index (χ4n) is 5.15. The summed E-state index contributed by atoms with van der Waals surface area (Å²) < 4.78 is 1.19. The summed E-state index contributed by atoms with van der Waals surface area (Å²) in [6.07, 6.45) is 0. The van der Waals surface area contributed by atoms with Gasteiger partial charge in [-0.2, -0.15) is 0 Å². The van der Waals surface area contributed by atoms with E-state index in [1.165, 1.54) is 67.8 Å². The monoisotopic (exact) mass is 578 g/mol. The Morgan fingerprint density at radius 3 is 1.44 bits per heavy atom. The summed E-state index contributed by atoms with van der Waals surface area (Å²) in [5.41, 5.74) is 1.35. The SMILES string of the molecule is Brc1ccsc1-c1sccc1-c1cccs1.c1cc2cccc3c4cccc5cccc(c(c1)c23)c54. The number of fused-ring (bicyclic) bond motifs is 2. The first-order valence-corrected chi connectivity index (χ1v) is 15.1. The van der Waals surface area contributed by atoms with Gasteiger partial charge in [-0.1, -0.05) is 78.9 Å². The van der Waals surface area contributed by atoms with Gasteiger partial charge in [0.2, 0.25) is 0 Å². The average Bonchev–Trinajstić information content (AvgIpc) is 3.69. The molecule has 36 heavy (non-hydrogen) atoms. The Morgan fingerprint density at radius 2 is 0.972 bits per heavy atom. The molecule has 4 heteroatoms. The van der Waals surface area contributed by atoms with Crippen molar-refractivity contribution in [3.63, 3.8) is 0 Å². The highest BCUT2D eigenvalue weighted by Crippen LogP contribution is 2.44. The van der Waals surface area contributed by atoms with Crippen LogP contribution in [0.2, 0.25) is 0 Å². The quantitative estimate of drug-likeness (QED) is 0.141. The van der Waals surface area contributed by atoms with Crippen molar-refractivity contribution < 1.29 is 0 Å². The summed E-state index contributed by atoms with van der Waals surface area (Å²) in [7, 11) is 0. The van der Waals surface area contributed by atoms with Crippen LogP contribution < -0.4 is 0 Å². The fraction of sp³-hybridized carbons (Fsp3) is 0. The maximum Gasteiger partial charge on any atom is 0.0591 e. The molecule has 0 unspecified atom stereocenters. The Bertz CT molecular complexity index is 1790. The van der Waals surface area contributed by atoms with Gasteiger partial charge in [0.1, 0.15) is 0 Å². The maximum absolute atomic E-state index is 3.61. The van der Waals surface area contributed by atoms with Crippen LogP contribution in [-0.4, -0.2) is 0 Å². The van der Waals surface area contributed by atoms with Gasteiger partial charge in [-0.3, -0.25) is 0 Å². The Kier molecular flexibility index (Phi) is 5.63. The molecule has 0 spiro atoms. The van der Waals surface area contributed by atoms with Crippen LogP contribution >= 0.6 is 49.9 Å². The molecule has 5 aromatic carbocycles. The second-order valence-corrected chi connectivity index (χ2v) is 12.3. The summed E-state index contributed by atoms with van der Waals surface area (Å²) in [5, 5.41) is 17.3. The Morgan fingerprint density at radius 1 is 0.444 bits per heavy atom. The van der Waals surface area contributed by atoms with E-state index in [1.807, 2.05) is 0 Å². The minimum Gasteiger partial charge on any atom is -0.144 e. The lowest BCUT2D eigenvalue weighted by Gasteiger charge is -2.13. The Hall–Kier alpha value is -3.02. The van der Waals surface area contributed by atoms with E-state index in [0.29, 0.717) is 0 Å². The summed E-state index contributed by atoms with van der Waals surface area (Å²) in [5.74, 6) is 0. The van der Waals surface area contributed by atoms with Crippen LogP contribution in [0.3, 0.4) is 0 Å². The first-order chi connectivity index (χ1) is 17.8. The molecule has 3 heterocycles. The van der Waals surface area contributed by atoms with Crippen molar-refractivity contribution in [2.75, 3.05) is 0 Å². The van der Waals surface area contributed by atoms with Crippen molar-refractivity contribution >= 4 is 93.0 Å². The molecule has 0 atom stereocenters. The number of thiophene rings is 3. The number of benzene rings is 5. The lowest BCUT2D eigenvalue weighted by Crippen LogP contribution is -1.85. The van der Waals surface area contributed by atoms with E-state index in [-0.39, 0.29) is 0 Å². The molecule has 0 aliphatic rings. The average molecular weight is 580 g/mol. The van der Waals surface area contributed by atoms with E-state index in [1.54, 1.807) is 34.0 Å². The van der Waals surface area contributed by atoms with Gasteiger partial charge in [0.15, 0.2) is 0 Å². The van der Waals surface area contributed by atoms with Gasteiger partial charge in [-0.05, 0) is 93.4 Å². The van der Waals surface area contributed by atoms with Gasteiger partial charge in [-0.15, -0.1) is 34.0 Å².